The normalized spacial score (nSPS) is 10.7. The molecule has 0 fully saturated rings. The van der Waals surface area contributed by atoms with Gasteiger partial charge in [-0.05, 0) is 58.1 Å². The summed E-state index contributed by atoms with van der Waals surface area (Å²) in [6.07, 6.45) is 4.10. The number of anilines is 2. The fraction of sp³-hybridized carbons (Fsp3) is 0.389. The molecule has 0 saturated heterocycles. The van der Waals surface area contributed by atoms with Crippen LogP contribution in [0.5, 0.6) is 0 Å². The highest BCUT2D eigenvalue weighted by atomic mass is 16.1. The lowest BCUT2D eigenvalue weighted by Gasteiger charge is -2.11. The van der Waals surface area contributed by atoms with E-state index in [1.54, 1.807) is 6.20 Å². The average molecular weight is 327 g/mol. The molecule has 0 aliphatic rings. The summed E-state index contributed by atoms with van der Waals surface area (Å²) in [7, 11) is 4.09. The summed E-state index contributed by atoms with van der Waals surface area (Å²) < 4.78 is 0. The van der Waals surface area contributed by atoms with Gasteiger partial charge in [0.25, 0.3) is 5.91 Å². The van der Waals surface area contributed by atoms with Gasteiger partial charge in [0.1, 0.15) is 11.5 Å². The molecule has 0 aliphatic heterocycles. The van der Waals surface area contributed by atoms with Gasteiger partial charge >= 0.3 is 0 Å². The molecule has 0 spiro atoms. The van der Waals surface area contributed by atoms with Crippen molar-refractivity contribution in [2.75, 3.05) is 37.8 Å². The van der Waals surface area contributed by atoms with E-state index in [0.717, 1.165) is 36.3 Å². The Morgan fingerprint density at radius 2 is 1.96 bits per heavy atom. The molecule has 0 saturated carbocycles. The number of benzene rings is 1. The van der Waals surface area contributed by atoms with Crippen LogP contribution in [0.2, 0.25) is 0 Å². The highest BCUT2D eigenvalue weighted by molar-refractivity contribution is 6.03. The molecule has 6 heteroatoms. The summed E-state index contributed by atoms with van der Waals surface area (Å²) in [5, 5.41) is 6.08. The van der Waals surface area contributed by atoms with Gasteiger partial charge in [0, 0.05) is 12.2 Å². The van der Waals surface area contributed by atoms with Crippen molar-refractivity contribution >= 4 is 17.4 Å². The maximum Gasteiger partial charge on any atom is 0.275 e. The molecule has 2 rings (SSSR count). The minimum Gasteiger partial charge on any atom is -0.369 e. The maximum atomic E-state index is 12.3. The Morgan fingerprint density at radius 1 is 1.17 bits per heavy atom. The van der Waals surface area contributed by atoms with E-state index in [1.807, 2.05) is 46.1 Å². The zero-order valence-electron chi connectivity index (χ0n) is 14.8. The molecule has 0 radical (unpaired) electrons. The number of aromatic nitrogens is 2. The van der Waals surface area contributed by atoms with Crippen LogP contribution in [-0.2, 0) is 0 Å². The number of nitrogens with one attached hydrogen (secondary N) is 2. The van der Waals surface area contributed by atoms with Crippen LogP contribution in [0, 0.1) is 13.8 Å². The first-order valence-corrected chi connectivity index (χ1v) is 8.05. The van der Waals surface area contributed by atoms with Crippen LogP contribution < -0.4 is 10.6 Å². The quantitative estimate of drug-likeness (QED) is 0.765. The number of aryl methyl sites for hydroxylation is 2. The summed E-state index contributed by atoms with van der Waals surface area (Å²) in [6.45, 7) is 5.78. The van der Waals surface area contributed by atoms with Crippen molar-refractivity contribution in [3.8, 4) is 0 Å². The van der Waals surface area contributed by atoms with Crippen LogP contribution in [0.3, 0.4) is 0 Å². The molecule has 0 unspecified atom stereocenters. The first kappa shape index (κ1) is 17.9. The molecular weight excluding hydrogens is 302 g/mol. The van der Waals surface area contributed by atoms with Crippen LogP contribution in [0.4, 0.5) is 11.5 Å². The van der Waals surface area contributed by atoms with E-state index in [9.17, 15) is 4.79 Å². The van der Waals surface area contributed by atoms with Crippen molar-refractivity contribution in [1.82, 2.24) is 14.9 Å². The second-order valence-corrected chi connectivity index (χ2v) is 6.14. The number of carbonyl (C=O) groups excluding carboxylic acids is 1. The zero-order valence-corrected chi connectivity index (χ0v) is 14.8. The van der Waals surface area contributed by atoms with Crippen LogP contribution >= 0.6 is 0 Å². The third-order valence-electron chi connectivity index (χ3n) is 3.61. The fourth-order valence-corrected chi connectivity index (χ4v) is 2.21. The summed E-state index contributed by atoms with van der Waals surface area (Å²) >= 11 is 0. The molecule has 0 aliphatic carbocycles. The lowest BCUT2D eigenvalue weighted by molar-refractivity contribution is 0.102. The van der Waals surface area contributed by atoms with Crippen molar-refractivity contribution in [2.45, 2.75) is 20.3 Å². The van der Waals surface area contributed by atoms with E-state index in [-0.39, 0.29) is 5.91 Å². The van der Waals surface area contributed by atoms with Gasteiger partial charge in [0.15, 0.2) is 0 Å². The number of rotatable bonds is 7. The minimum absolute atomic E-state index is 0.254. The van der Waals surface area contributed by atoms with E-state index < -0.39 is 0 Å². The molecule has 2 N–H and O–H groups in total. The van der Waals surface area contributed by atoms with Gasteiger partial charge in [-0.25, -0.2) is 9.97 Å². The molecule has 6 nitrogen and oxygen atoms in total. The molecule has 1 amide bonds. The van der Waals surface area contributed by atoms with Crippen LogP contribution in [0.25, 0.3) is 0 Å². The Kier molecular flexibility index (Phi) is 6.26. The van der Waals surface area contributed by atoms with Crippen LogP contribution in [-0.4, -0.2) is 48.0 Å². The van der Waals surface area contributed by atoms with Crippen LogP contribution in [0.1, 0.15) is 28.0 Å². The third-order valence-corrected chi connectivity index (χ3v) is 3.61. The first-order valence-electron chi connectivity index (χ1n) is 8.05. The van der Waals surface area contributed by atoms with Gasteiger partial charge in [-0.2, -0.15) is 0 Å². The summed E-state index contributed by atoms with van der Waals surface area (Å²) in [4.78, 5) is 22.9. The molecule has 0 atom stereocenters. The monoisotopic (exact) mass is 327 g/mol. The molecule has 1 heterocycles. The molecule has 128 valence electrons. The van der Waals surface area contributed by atoms with E-state index in [1.165, 1.54) is 6.20 Å². The average Bonchev–Trinajstić information content (AvgIpc) is 2.55. The minimum atomic E-state index is -0.254. The number of hydrogen-bond donors (Lipinski definition) is 2. The fourth-order valence-electron chi connectivity index (χ4n) is 2.21. The van der Waals surface area contributed by atoms with Crippen molar-refractivity contribution in [3.05, 3.63) is 47.4 Å². The molecular formula is C18H25N5O. The van der Waals surface area contributed by atoms with Gasteiger partial charge in [-0.3, -0.25) is 4.79 Å². The molecule has 24 heavy (non-hydrogen) atoms. The molecule has 0 bridgehead atoms. The predicted octanol–water partition coefficient (Wildman–Crippen LogP) is 2.71. The highest BCUT2D eigenvalue weighted by Gasteiger charge is 2.10. The Balaban J connectivity index is 1.92. The standard InChI is InChI=1S/C18H25N5O/c1-13-6-7-14(2)15(10-13)22-18(24)16-11-21-17(12-20-16)19-8-5-9-23(3)4/h6-7,10-12H,5,8-9H2,1-4H3,(H,19,21)(H,22,24). The number of nitrogens with zero attached hydrogens (tertiary/aromatic N) is 3. The first-order chi connectivity index (χ1) is 11.5. The van der Waals surface area contributed by atoms with E-state index in [2.05, 4.69) is 25.5 Å². The van der Waals surface area contributed by atoms with E-state index in [0.29, 0.717) is 11.5 Å². The predicted molar refractivity (Wildman–Crippen MR) is 97.6 cm³/mol. The second-order valence-electron chi connectivity index (χ2n) is 6.14. The van der Waals surface area contributed by atoms with Gasteiger partial charge in [0.2, 0.25) is 0 Å². The second kappa shape index (κ2) is 8.40. The Bertz CT molecular complexity index is 682. The lowest BCUT2D eigenvalue weighted by atomic mass is 10.1. The van der Waals surface area contributed by atoms with Crippen molar-refractivity contribution in [3.63, 3.8) is 0 Å². The maximum absolute atomic E-state index is 12.3. The largest absolute Gasteiger partial charge is 0.369 e. The third kappa shape index (κ3) is 5.31. The van der Waals surface area contributed by atoms with Crippen LogP contribution in [0.15, 0.2) is 30.6 Å². The topological polar surface area (TPSA) is 70.2 Å². The smallest absolute Gasteiger partial charge is 0.275 e. The van der Waals surface area contributed by atoms with Crippen molar-refractivity contribution < 1.29 is 4.79 Å². The van der Waals surface area contributed by atoms with Gasteiger partial charge < -0.3 is 15.5 Å². The lowest BCUT2D eigenvalue weighted by Crippen LogP contribution is -2.17. The van der Waals surface area contributed by atoms with Gasteiger partial charge in [-0.15, -0.1) is 0 Å². The van der Waals surface area contributed by atoms with Crippen molar-refractivity contribution in [2.24, 2.45) is 0 Å². The summed E-state index contributed by atoms with van der Waals surface area (Å²) in [6, 6.07) is 5.94. The van der Waals surface area contributed by atoms with Crippen molar-refractivity contribution in [1.29, 1.82) is 0 Å². The van der Waals surface area contributed by atoms with E-state index in [4.69, 9.17) is 0 Å². The Labute approximate surface area is 143 Å². The summed E-state index contributed by atoms with van der Waals surface area (Å²) in [5.41, 5.74) is 3.21. The highest BCUT2D eigenvalue weighted by Crippen LogP contribution is 2.17. The van der Waals surface area contributed by atoms with Gasteiger partial charge in [-0.1, -0.05) is 12.1 Å². The zero-order chi connectivity index (χ0) is 17.5. The molecule has 1 aromatic carbocycles. The van der Waals surface area contributed by atoms with Gasteiger partial charge in [0.05, 0.1) is 12.4 Å². The molecule has 2 aromatic rings. The number of carbonyl (C=O) groups is 1. The SMILES string of the molecule is Cc1ccc(C)c(NC(=O)c2cnc(NCCCN(C)C)cn2)c1. The molecule has 1 aromatic heterocycles. The summed E-state index contributed by atoms with van der Waals surface area (Å²) in [5.74, 6) is 0.424. The Hall–Kier alpha value is -2.47. The van der Waals surface area contributed by atoms with E-state index >= 15 is 0 Å². The number of hydrogen-bond acceptors (Lipinski definition) is 5. The Morgan fingerprint density at radius 3 is 2.62 bits per heavy atom. The number of amides is 1.